The number of halogens is 1. The average molecular weight is 554 g/mol. The van der Waals surface area contributed by atoms with E-state index in [1.165, 1.54) is 5.56 Å². The Kier molecular flexibility index (Phi) is 10.3. The molecule has 9 heteroatoms. The number of aliphatic imine (C=N–C) groups is 1. The summed E-state index contributed by atoms with van der Waals surface area (Å²) in [5, 5.41) is 8.14. The molecule has 0 saturated carbocycles. The van der Waals surface area contributed by atoms with Crippen LogP contribution in [-0.2, 0) is 17.8 Å². The van der Waals surface area contributed by atoms with Gasteiger partial charge >= 0.3 is 6.09 Å². The first-order chi connectivity index (χ1) is 15.0. The van der Waals surface area contributed by atoms with E-state index in [2.05, 4.69) is 53.0 Å². The van der Waals surface area contributed by atoms with E-state index < -0.39 is 0 Å². The van der Waals surface area contributed by atoms with E-state index in [0.717, 1.165) is 49.1 Å². The van der Waals surface area contributed by atoms with E-state index in [4.69, 9.17) is 14.8 Å². The number of nitrogens with zero attached hydrogens (tertiary/aromatic N) is 5. The normalized spacial score (nSPS) is 14.2. The highest BCUT2D eigenvalue weighted by molar-refractivity contribution is 14.0. The summed E-state index contributed by atoms with van der Waals surface area (Å²) in [5.74, 6) is 0.876. The summed E-state index contributed by atoms with van der Waals surface area (Å²) in [4.78, 5) is 20.8. The van der Waals surface area contributed by atoms with Crippen molar-refractivity contribution in [2.45, 2.75) is 40.8 Å². The Morgan fingerprint density at radius 3 is 2.38 bits per heavy atom. The zero-order valence-electron chi connectivity index (χ0n) is 19.5. The lowest BCUT2D eigenvalue weighted by molar-refractivity contribution is 0.0914. The lowest BCUT2D eigenvalue weighted by Gasteiger charge is -2.35. The summed E-state index contributed by atoms with van der Waals surface area (Å²) >= 11 is 0. The van der Waals surface area contributed by atoms with Crippen LogP contribution < -0.4 is 5.32 Å². The third-order valence-corrected chi connectivity index (χ3v) is 5.53. The number of benzene rings is 1. The maximum absolute atomic E-state index is 11.9. The van der Waals surface area contributed by atoms with Gasteiger partial charge < -0.3 is 19.9 Å². The van der Waals surface area contributed by atoms with Crippen LogP contribution in [0.3, 0.4) is 0 Å². The summed E-state index contributed by atoms with van der Waals surface area (Å²) < 4.78 is 7.17. The predicted molar refractivity (Wildman–Crippen MR) is 138 cm³/mol. The molecule has 1 N–H and O–H groups in total. The van der Waals surface area contributed by atoms with Crippen LogP contribution in [0.4, 0.5) is 4.79 Å². The van der Waals surface area contributed by atoms with E-state index in [9.17, 15) is 4.79 Å². The van der Waals surface area contributed by atoms with Crippen molar-refractivity contribution in [1.29, 1.82) is 0 Å². The summed E-state index contributed by atoms with van der Waals surface area (Å²) in [5.41, 5.74) is 4.56. The van der Waals surface area contributed by atoms with Crippen LogP contribution in [0.5, 0.6) is 0 Å². The van der Waals surface area contributed by atoms with Crippen molar-refractivity contribution in [2.24, 2.45) is 4.99 Å². The Hall–Kier alpha value is -2.30. The van der Waals surface area contributed by atoms with Crippen molar-refractivity contribution in [3.05, 3.63) is 52.8 Å². The second kappa shape index (κ2) is 12.7. The quantitative estimate of drug-likeness (QED) is 0.337. The summed E-state index contributed by atoms with van der Waals surface area (Å²) in [6.07, 6.45) is -0.235. The molecule has 1 aliphatic heterocycles. The van der Waals surface area contributed by atoms with Crippen molar-refractivity contribution in [2.75, 3.05) is 39.3 Å². The third-order valence-electron chi connectivity index (χ3n) is 5.53. The standard InChI is InChI=1S/C23H34N6O2.HI/c1-5-24-22(27-12-14-28(15-13-27)23(30)31-6-2)25-16-21-18(3)26-29(19(21)4)17-20-10-8-7-9-11-20;/h7-11H,5-6,12-17H2,1-4H3,(H,24,25);1H. The van der Waals surface area contributed by atoms with Crippen molar-refractivity contribution in [3.8, 4) is 0 Å². The number of aromatic nitrogens is 2. The van der Waals surface area contributed by atoms with Crippen LogP contribution in [0.15, 0.2) is 35.3 Å². The number of carbonyl (C=O) groups is 1. The molecule has 2 heterocycles. The maximum Gasteiger partial charge on any atom is 0.409 e. The van der Waals surface area contributed by atoms with Crippen LogP contribution in [0, 0.1) is 13.8 Å². The van der Waals surface area contributed by atoms with E-state index in [0.29, 0.717) is 26.2 Å². The second-order valence-electron chi connectivity index (χ2n) is 7.64. The maximum atomic E-state index is 11.9. The summed E-state index contributed by atoms with van der Waals surface area (Å²) in [7, 11) is 0. The number of amides is 1. The van der Waals surface area contributed by atoms with E-state index in [1.54, 1.807) is 4.90 Å². The number of rotatable bonds is 6. The average Bonchev–Trinajstić information content (AvgIpc) is 3.04. The van der Waals surface area contributed by atoms with Gasteiger partial charge in [0.05, 0.1) is 25.4 Å². The molecule has 0 bridgehead atoms. The van der Waals surface area contributed by atoms with Gasteiger partial charge in [-0.1, -0.05) is 30.3 Å². The van der Waals surface area contributed by atoms with E-state index in [1.807, 2.05) is 19.9 Å². The molecule has 1 aliphatic rings. The highest BCUT2D eigenvalue weighted by atomic mass is 127. The van der Waals surface area contributed by atoms with Crippen LogP contribution >= 0.6 is 24.0 Å². The number of ether oxygens (including phenoxy) is 1. The van der Waals surface area contributed by atoms with Gasteiger partial charge in [0.1, 0.15) is 0 Å². The van der Waals surface area contributed by atoms with Crippen LogP contribution in [0.2, 0.25) is 0 Å². The number of hydrogen-bond acceptors (Lipinski definition) is 4. The molecule has 1 aromatic carbocycles. The van der Waals surface area contributed by atoms with Gasteiger partial charge in [0.15, 0.2) is 5.96 Å². The van der Waals surface area contributed by atoms with Crippen LogP contribution in [0.25, 0.3) is 0 Å². The van der Waals surface area contributed by atoms with Gasteiger partial charge in [0, 0.05) is 44.0 Å². The lowest BCUT2D eigenvalue weighted by atomic mass is 10.2. The van der Waals surface area contributed by atoms with Gasteiger partial charge in [-0.15, -0.1) is 24.0 Å². The first-order valence-electron chi connectivity index (χ1n) is 11.0. The predicted octanol–water partition coefficient (Wildman–Crippen LogP) is 3.41. The topological polar surface area (TPSA) is 75.0 Å². The Labute approximate surface area is 208 Å². The Balaban J connectivity index is 0.00000363. The molecule has 0 unspecified atom stereocenters. The molecular formula is C23H35IN6O2. The second-order valence-corrected chi connectivity index (χ2v) is 7.64. The van der Waals surface area contributed by atoms with Gasteiger partial charge in [-0.3, -0.25) is 4.68 Å². The van der Waals surface area contributed by atoms with Crippen molar-refractivity contribution < 1.29 is 9.53 Å². The number of aryl methyl sites for hydroxylation is 1. The lowest BCUT2D eigenvalue weighted by Crippen LogP contribution is -2.53. The van der Waals surface area contributed by atoms with Gasteiger partial charge in [0.25, 0.3) is 0 Å². The fraction of sp³-hybridized carbons (Fsp3) is 0.522. The van der Waals surface area contributed by atoms with E-state index in [-0.39, 0.29) is 30.1 Å². The number of nitrogens with one attached hydrogen (secondary N) is 1. The number of guanidine groups is 1. The number of carbonyl (C=O) groups excluding carboxylic acids is 1. The SMILES string of the molecule is CCNC(=NCc1c(C)nn(Cc2ccccc2)c1C)N1CCN(C(=O)OCC)CC1.I. The molecular weight excluding hydrogens is 519 g/mol. The zero-order chi connectivity index (χ0) is 22.2. The molecule has 0 aliphatic carbocycles. The molecule has 0 spiro atoms. The molecule has 0 radical (unpaired) electrons. The smallest absolute Gasteiger partial charge is 0.409 e. The molecule has 1 aromatic heterocycles. The first-order valence-corrected chi connectivity index (χ1v) is 11.0. The largest absolute Gasteiger partial charge is 0.450 e. The Bertz CT molecular complexity index is 891. The van der Waals surface area contributed by atoms with Crippen LogP contribution in [0.1, 0.15) is 36.4 Å². The Morgan fingerprint density at radius 1 is 1.09 bits per heavy atom. The Morgan fingerprint density at radius 2 is 1.75 bits per heavy atom. The van der Waals surface area contributed by atoms with Crippen molar-refractivity contribution in [3.63, 3.8) is 0 Å². The molecule has 176 valence electrons. The minimum absolute atomic E-state index is 0. The summed E-state index contributed by atoms with van der Waals surface area (Å²) in [6.45, 7) is 13.3. The third kappa shape index (κ3) is 6.60. The minimum Gasteiger partial charge on any atom is -0.450 e. The highest BCUT2D eigenvalue weighted by Crippen LogP contribution is 2.16. The van der Waals surface area contributed by atoms with Gasteiger partial charge in [-0.2, -0.15) is 5.10 Å². The molecule has 32 heavy (non-hydrogen) atoms. The molecule has 1 saturated heterocycles. The van der Waals surface area contributed by atoms with Crippen LogP contribution in [-0.4, -0.2) is 71.0 Å². The minimum atomic E-state index is -0.235. The fourth-order valence-corrected chi connectivity index (χ4v) is 3.77. The first kappa shape index (κ1) is 26.0. The fourth-order valence-electron chi connectivity index (χ4n) is 3.77. The molecule has 2 aromatic rings. The highest BCUT2D eigenvalue weighted by Gasteiger charge is 2.24. The van der Waals surface area contributed by atoms with E-state index >= 15 is 0 Å². The molecule has 0 atom stereocenters. The molecule has 1 amide bonds. The number of piperazine rings is 1. The van der Waals surface area contributed by atoms with Gasteiger partial charge in [-0.05, 0) is 33.3 Å². The monoisotopic (exact) mass is 554 g/mol. The number of hydrogen-bond donors (Lipinski definition) is 1. The van der Waals surface area contributed by atoms with Crippen molar-refractivity contribution in [1.82, 2.24) is 24.9 Å². The zero-order valence-corrected chi connectivity index (χ0v) is 21.8. The van der Waals surface area contributed by atoms with Gasteiger partial charge in [-0.25, -0.2) is 9.79 Å². The molecule has 1 fully saturated rings. The molecule has 3 rings (SSSR count). The van der Waals surface area contributed by atoms with Crippen molar-refractivity contribution >= 4 is 36.0 Å². The summed E-state index contributed by atoms with van der Waals surface area (Å²) in [6, 6.07) is 10.4. The molecule has 8 nitrogen and oxygen atoms in total. The van der Waals surface area contributed by atoms with Gasteiger partial charge in [0.2, 0.25) is 0 Å².